The van der Waals surface area contributed by atoms with E-state index in [2.05, 4.69) is 10.6 Å². The maximum Gasteiger partial charge on any atom is 0.196 e. The smallest absolute Gasteiger partial charge is 0.196 e. The van der Waals surface area contributed by atoms with E-state index in [0.29, 0.717) is 0 Å². The summed E-state index contributed by atoms with van der Waals surface area (Å²) in [7, 11) is 0. The summed E-state index contributed by atoms with van der Waals surface area (Å²) in [5.41, 5.74) is -0.842. The lowest BCUT2D eigenvalue weighted by molar-refractivity contribution is -0.240. The van der Waals surface area contributed by atoms with Crippen molar-refractivity contribution in [2.45, 2.75) is 50.1 Å². The molecule has 4 rings (SSSR count). The molecule has 0 aliphatic carbocycles. The van der Waals surface area contributed by atoms with E-state index < -0.39 is 5.72 Å². The molecule has 2 N–H and O–H groups in total. The molecular weight excluding hydrogens is 180 g/mol. The summed E-state index contributed by atoms with van der Waals surface area (Å²) in [6.45, 7) is 2.97. The van der Waals surface area contributed by atoms with Crippen molar-refractivity contribution in [3.63, 3.8) is 0 Å². The average molecular weight is 196 g/mol. The van der Waals surface area contributed by atoms with E-state index in [1.54, 1.807) is 0 Å². The monoisotopic (exact) mass is 196 g/mol. The fourth-order valence-corrected chi connectivity index (χ4v) is 2.88. The zero-order valence-corrected chi connectivity index (χ0v) is 8.43. The molecular formula is C10H16N2O2. The Bertz CT molecular complexity index is 278. The quantitative estimate of drug-likeness (QED) is 0.659. The summed E-state index contributed by atoms with van der Waals surface area (Å²) in [5, 5.41) is 6.50. The lowest BCUT2D eigenvalue weighted by atomic mass is 9.98. The molecule has 0 saturated carbocycles. The first kappa shape index (κ1) is 8.83. The van der Waals surface area contributed by atoms with E-state index in [1.165, 1.54) is 0 Å². The van der Waals surface area contributed by atoms with Gasteiger partial charge >= 0.3 is 0 Å². The highest BCUT2D eigenvalue weighted by Crippen LogP contribution is 2.46. The number of carbonyl (C=O) groups is 1. The highest BCUT2D eigenvalue weighted by atomic mass is 16.6. The molecule has 3 atom stereocenters. The van der Waals surface area contributed by atoms with Crippen LogP contribution in [0.3, 0.4) is 0 Å². The number of carbonyl (C=O) groups excluding carboxylic acids is 1. The van der Waals surface area contributed by atoms with Crippen molar-refractivity contribution in [2.24, 2.45) is 0 Å². The van der Waals surface area contributed by atoms with Gasteiger partial charge in [0.1, 0.15) is 5.72 Å². The van der Waals surface area contributed by atoms with E-state index in [0.717, 1.165) is 32.2 Å². The molecule has 4 heterocycles. The first-order valence-electron chi connectivity index (χ1n) is 5.41. The minimum absolute atomic E-state index is 0.0187. The third-order valence-electron chi connectivity index (χ3n) is 3.59. The Morgan fingerprint density at radius 1 is 1.50 bits per heavy atom. The highest BCUT2D eigenvalue weighted by molar-refractivity contribution is 5.93. The molecule has 4 heteroatoms. The number of Topliss-reactive ketones (excluding diaryl/α,β-unsaturated/α-hetero) is 1. The van der Waals surface area contributed by atoms with E-state index in [1.807, 2.05) is 6.92 Å². The van der Waals surface area contributed by atoms with Crippen molar-refractivity contribution in [3.8, 4) is 0 Å². The van der Waals surface area contributed by atoms with Crippen LogP contribution in [0.1, 0.15) is 32.6 Å². The Morgan fingerprint density at radius 2 is 2.29 bits per heavy atom. The molecule has 4 aliphatic heterocycles. The molecule has 0 aromatic heterocycles. The first-order chi connectivity index (χ1) is 6.64. The lowest BCUT2D eigenvalue weighted by Gasteiger charge is -2.46. The fourth-order valence-electron chi connectivity index (χ4n) is 2.88. The maximum atomic E-state index is 12.1. The minimum atomic E-state index is -0.628. The molecule has 4 nitrogen and oxygen atoms in total. The van der Waals surface area contributed by atoms with Gasteiger partial charge in [0.25, 0.3) is 0 Å². The van der Waals surface area contributed by atoms with Gasteiger partial charge in [-0.05, 0) is 32.7 Å². The van der Waals surface area contributed by atoms with Gasteiger partial charge in [-0.25, -0.2) is 0 Å². The highest BCUT2D eigenvalue weighted by Gasteiger charge is 2.64. The van der Waals surface area contributed by atoms with Crippen LogP contribution in [0.25, 0.3) is 0 Å². The van der Waals surface area contributed by atoms with Crippen LogP contribution < -0.4 is 10.6 Å². The summed E-state index contributed by atoms with van der Waals surface area (Å²) < 4.78 is 5.70. The topological polar surface area (TPSA) is 50.4 Å². The molecule has 0 aromatic carbocycles. The molecule has 78 valence electrons. The summed E-state index contributed by atoms with van der Waals surface area (Å²) in [6, 6.07) is 0.0187. The van der Waals surface area contributed by atoms with E-state index in [4.69, 9.17) is 4.74 Å². The van der Waals surface area contributed by atoms with Crippen molar-refractivity contribution in [3.05, 3.63) is 0 Å². The normalized spacial score (nSPS) is 50.5. The maximum absolute atomic E-state index is 12.1. The zero-order chi connectivity index (χ0) is 9.81. The molecule has 2 unspecified atom stereocenters. The second kappa shape index (κ2) is 2.56. The van der Waals surface area contributed by atoms with Gasteiger partial charge in [0.2, 0.25) is 0 Å². The molecule has 4 fully saturated rings. The second-order valence-corrected chi connectivity index (χ2v) is 4.80. The van der Waals surface area contributed by atoms with Gasteiger partial charge in [-0.15, -0.1) is 0 Å². The van der Waals surface area contributed by atoms with Gasteiger partial charge in [0.15, 0.2) is 11.5 Å². The third kappa shape index (κ3) is 1.02. The van der Waals surface area contributed by atoms with E-state index in [-0.39, 0.29) is 17.6 Å². The molecule has 2 bridgehead atoms. The number of nitrogens with one attached hydrogen (secondary N) is 2. The minimum Gasteiger partial charge on any atom is -0.332 e. The van der Waals surface area contributed by atoms with Gasteiger partial charge < -0.3 is 10.1 Å². The lowest BCUT2D eigenvalue weighted by Crippen LogP contribution is -2.72. The molecule has 4 aliphatic rings. The van der Waals surface area contributed by atoms with Crippen LogP contribution in [0.15, 0.2) is 0 Å². The largest absolute Gasteiger partial charge is 0.332 e. The molecule has 0 spiro atoms. The number of hydrogen-bond donors (Lipinski definition) is 2. The Morgan fingerprint density at radius 3 is 2.79 bits per heavy atom. The summed E-state index contributed by atoms with van der Waals surface area (Å²) in [5.74, 6) is 0.213. The van der Waals surface area contributed by atoms with Crippen LogP contribution in [-0.2, 0) is 9.53 Å². The van der Waals surface area contributed by atoms with Crippen LogP contribution in [0, 0.1) is 0 Å². The second-order valence-electron chi connectivity index (χ2n) is 4.80. The van der Waals surface area contributed by atoms with Gasteiger partial charge in [0, 0.05) is 6.42 Å². The zero-order valence-electron chi connectivity index (χ0n) is 8.43. The Hall–Kier alpha value is -0.450. The van der Waals surface area contributed by atoms with Crippen molar-refractivity contribution in [2.75, 3.05) is 6.54 Å². The van der Waals surface area contributed by atoms with Crippen LogP contribution in [-0.4, -0.2) is 29.8 Å². The first-order valence-corrected chi connectivity index (χ1v) is 5.41. The number of fused-ring (bicyclic) bond motifs is 1. The summed E-state index contributed by atoms with van der Waals surface area (Å²) in [4.78, 5) is 12.1. The van der Waals surface area contributed by atoms with Crippen LogP contribution >= 0.6 is 0 Å². The SMILES string of the molecule is C[C@@]12CCC(C(=O)C3CCCN3)(N1)O2. The molecule has 4 saturated heterocycles. The number of ether oxygens (including phenoxy) is 1. The fraction of sp³-hybridized carbons (Fsp3) is 0.900. The standard InChI is InChI=1S/C10H16N2O2/c1-9-4-5-10(12-9,14-9)8(13)7-3-2-6-11-7/h7,11-12H,2-6H2,1H3/t7?,9-,10?/m1/s1. The van der Waals surface area contributed by atoms with Crippen molar-refractivity contribution in [1.82, 2.24) is 10.6 Å². The van der Waals surface area contributed by atoms with Gasteiger partial charge in [0.05, 0.1) is 6.04 Å². The Labute approximate surface area is 83.4 Å². The molecule has 0 radical (unpaired) electrons. The van der Waals surface area contributed by atoms with Gasteiger partial charge in [-0.2, -0.15) is 0 Å². The average Bonchev–Trinajstić information content (AvgIpc) is 2.74. The van der Waals surface area contributed by atoms with Gasteiger partial charge in [-0.1, -0.05) is 0 Å². The molecule has 0 amide bonds. The Balaban J connectivity index is 1.74. The van der Waals surface area contributed by atoms with Crippen molar-refractivity contribution >= 4 is 5.78 Å². The van der Waals surface area contributed by atoms with Gasteiger partial charge in [-0.3, -0.25) is 10.1 Å². The predicted octanol–water partition coefficient (Wildman–Crippen LogP) is 0.134. The molecule has 0 aromatic rings. The van der Waals surface area contributed by atoms with Crippen molar-refractivity contribution in [1.29, 1.82) is 0 Å². The third-order valence-corrected chi connectivity index (χ3v) is 3.59. The van der Waals surface area contributed by atoms with Crippen LogP contribution in [0.5, 0.6) is 0 Å². The number of hydrogen-bond acceptors (Lipinski definition) is 4. The summed E-state index contributed by atoms with van der Waals surface area (Å²) >= 11 is 0. The van der Waals surface area contributed by atoms with E-state index in [9.17, 15) is 4.79 Å². The van der Waals surface area contributed by atoms with Crippen LogP contribution in [0.2, 0.25) is 0 Å². The molecule has 14 heavy (non-hydrogen) atoms. The van der Waals surface area contributed by atoms with Crippen molar-refractivity contribution < 1.29 is 9.53 Å². The Kier molecular flexibility index (Phi) is 1.62. The van der Waals surface area contributed by atoms with Crippen LogP contribution in [0.4, 0.5) is 0 Å². The summed E-state index contributed by atoms with van der Waals surface area (Å²) in [6.07, 6.45) is 3.85. The number of ketones is 1. The number of rotatable bonds is 2. The van der Waals surface area contributed by atoms with E-state index >= 15 is 0 Å². The predicted molar refractivity (Wildman–Crippen MR) is 50.6 cm³/mol.